The molecule has 1 aromatic heterocycles. The molecule has 1 aliphatic heterocycles. The van der Waals surface area contributed by atoms with E-state index in [1.165, 1.54) is 5.56 Å². The first-order chi connectivity index (χ1) is 13.7. The molecule has 0 spiro atoms. The summed E-state index contributed by atoms with van der Waals surface area (Å²) in [5, 5.41) is 5.26. The second-order valence-electron chi connectivity index (χ2n) is 7.30. The highest BCUT2D eigenvalue weighted by Crippen LogP contribution is 2.28. The molecule has 144 valence electrons. The summed E-state index contributed by atoms with van der Waals surface area (Å²) in [7, 11) is 0. The first-order valence-electron chi connectivity index (χ1n) is 9.61. The molecule has 5 heteroatoms. The molecule has 2 aromatic carbocycles. The number of amides is 1. The normalized spacial score (nSPS) is 20.8. The third kappa shape index (κ3) is 4.33. The molecule has 0 radical (unpaired) electrons. The van der Waals surface area contributed by atoms with E-state index < -0.39 is 0 Å². The third-order valence-corrected chi connectivity index (χ3v) is 6.24. The SMILES string of the molecule is N[C@@H]1CN(CC(=O)NC(c2ccccc2)c2cccs2)C[C@H]1c1ccccc1. The Balaban J connectivity index is 1.42. The van der Waals surface area contributed by atoms with Gasteiger partial charge in [0.25, 0.3) is 0 Å². The van der Waals surface area contributed by atoms with Crippen molar-refractivity contribution < 1.29 is 4.79 Å². The molecular weight excluding hydrogens is 366 g/mol. The van der Waals surface area contributed by atoms with E-state index in [1.807, 2.05) is 47.8 Å². The standard InChI is InChI=1S/C23H25N3OS/c24-20-15-26(14-19(20)17-8-3-1-4-9-17)16-22(27)25-23(21-12-7-13-28-21)18-10-5-2-6-11-18/h1-13,19-20,23H,14-16,24H2,(H,25,27)/t19-,20+,23?/m0/s1. The number of carbonyl (C=O) groups excluding carboxylic acids is 1. The van der Waals surface area contributed by atoms with Crippen LogP contribution in [-0.2, 0) is 4.79 Å². The molecule has 0 saturated carbocycles. The van der Waals surface area contributed by atoms with Gasteiger partial charge in [-0.2, -0.15) is 0 Å². The number of carbonyl (C=O) groups is 1. The number of nitrogens with one attached hydrogen (secondary N) is 1. The molecule has 0 aliphatic carbocycles. The van der Waals surface area contributed by atoms with Crippen molar-refractivity contribution in [2.45, 2.75) is 18.0 Å². The van der Waals surface area contributed by atoms with Gasteiger partial charge in [-0.05, 0) is 22.6 Å². The smallest absolute Gasteiger partial charge is 0.234 e. The maximum Gasteiger partial charge on any atom is 0.234 e. The summed E-state index contributed by atoms with van der Waals surface area (Å²) in [4.78, 5) is 16.1. The van der Waals surface area contributed by atoms with Crippen LogP contribution in [0.1, 0.15) is 28.0 Å². The summed E-state index contributed by atoms with van der Waals surface area (Å²) in [5.74, 6) is 0.305. The van der Waals surface area contributed by atoms with Gasteiger partial charge in [0.1, 0.15) is 0 Å². The van der Waals surface area contributed by atoms with E-state index >= 15 is 0 Å². The lowest BCUT2D eigenvalue weighted by atomic mass is 9.95. The van der Waals surface area contributed by atoms with Gasteiger partial charge in [0.05, 0.1) is 12.6 Å². The van der Waals surface area contributed by atoms with Crippen molar-refractivity contribution in [3.63, 3.8) is 0 Å². The Morgan fingerprint density at radius 1 is 1.04 bits per heavy atom. The van der Waals surface area contributed by atoms with E-state index in [-0.39, 0.29) is 23.9 Å². The lowest BCUT2D eigenvalue weighted by molar-refractivity contribution is -0.122. The molecule has 2 heterocycles. The highest BCUT2D eigenvalue weighted by Gasteiger charge is 2.32. The molecule has 4 nitrogen and oxygen atoms in total. The zero-order chi connectivity index (χ0) is 19.3. The number of nitrogens with zero attached hydrogens (tertiary/aromatic N) is 1. The molecule has 0 bridgehead atoms. The van der Waals surface area contributed by atoms with Crippen LogP contribution in [0.25, 0.3) is 0 Å². The fraction of sp³-hybridized carbons (Fsp3) is 0.261. The molecule has 1 fully saturated rings. The molecule has 3 atom stereocenters. The number of rotatable bonds is 6. The molecule has 1 saturated heterocycles. The van der Waals surface area contributed by atoms with E-state index in [2.05, 4.69) is 40.5 Å². The predicted molar refractivity (Wildman–Crippen MR) is 114 cm³/mol. The van der Waals surface area contributed by atoms with Crippen molar-refractivity contribution >= 4 is 17.2 Å². The summed E-state index contributed by atoms with van der Waals surface area (Å²) >= 11 is 1.66. The quantitative estimate of drug-likeness (QED) is 0.677. The minimum Gasteiger partial charge on any atom is -0.343 e. The molecule has 1 unspecified atom stereocenters. The van der Waals surface area contributed by atoms with Gasteiger partial charge in [-0.3, -0.25) is 9.69 Å². The van der Waals surface area contributed by atoms with Crippen molar-refractivity contribution in [2.75, 3.05) is 19.6 Å². The van der Waals surface area contributed by atoms with Crippen LogP contribution in [0, 0.1) is 0 Å². The topological polar surface area (TPSA) is 58.4 Å². The maximum atomic E-state index is 12.8. The van der Waals surface area contributed by atoms with Gasteiger partial charge < -0.3 is 11.1 Å². The van der Waals surface area contributed by atoms with E-state index in [4.69, 9.17) is 5.73 Å². The average Bonchev–Trinajstić information content (AvgIpc) is 3.37. The third-order valence-electron chi connectivity index (χ3n) is 5.30. The molecular formula is C23H25N3OS. The van der Waals surface area contributed by atoms with Crippen LogP contribution in [0.3, 0.4) is 0 Å². The van der Waals surface area contributed by atoms with E-state index in [9.17, 15) is 4.79 Å². The predicted octanol–water partition coefficient (Wildman–Crippen LogP) is 3.38. The monoisotopic (exact) mass is 391 g/mol. The highest BCUT2D eigenvalue weighted by atomic mass is 32.1. The molecule has 3 N–H and O–H groups in total. The lowest BCUT2D eigenvalue weighted by Gasteiger charge is -2.21. The van der Waals surface area contributed by atoms with Crippen LogP contribution in [0.5, 0.6) is 0 Å². The van der Waals surface area contributed by atoms with Crippen molar-refractivity contribution in [2.24, 2.45) is 5.73 Å². The number of hydrogen-bond donors (Lipinski definition) is 2. The summed E-state index contributed by atoms with van der Waals surface area (Å²) in [6, 6.07) is 24.5. The Kier molecular flexibility index (Phi) is 5.86. The van der Waals surface area contributed by atoms with Crippen LogP contribution in [0.2, 0.25) is 0 Å². The summed E-state index contributed by atoms with van der Waals surface area (Å²) < 4.78 is 0. The van der Waals surface area contributed by atoms with Crippen LogP contribution in [-0.4, -0.2) is 36.5 Å². The van der Waals surface area contributed by atoms with Gasteiger partial charge in [-0.1, -0.05) is 66.7 Å². The number of nitrogens with two attached hydrogens (primary N) is 1. The highest BCUT2D eigenvalue weighted by molar-refractivity contribution is 7.10. The molecule has 28 heavy (non-hydrogen) atoms. The van der Waals surface area contributed by atoms with Crippen molar-refractivity contribution in [1.29, 1.82) is 0 Å². The fourth-order valence-corrected chi connectivity index (χ4v) is 4.73. The summed E-state index contributed by atoms with van der Waals surface area (Å²) in [6.07, 6.45) is 0. The first kappa shape index (κ1) is 18.9. The number of benzene rings is 2. The van der Waals surface area contributed by atoms with Crippen LogP contribution in [0.15, 0.2) is 78.2 Å². The van der Waals surface area contributed by atoms with Crippen LogP contribution >= 0.6 is 11.3 Å². The minimum atomic E-state index is -0.116. The number of likely N-dealkylation sites (tertiary alicyclic amines) is 1. The maximum absolute atomic E-state index is 12.8. The first-order valence-corrected chi connectivity index (χ1v) is 10.5. The molecule has 1 aliphatic rings. The Labute approximate surface area is 170 Å². The Bertz CT molecular complexity index is 883. The Morgan fingerprint density at radius 3 is 2.43 bits per heavy atom. The Morgan fingerprint density at radius 2 is 1.75 bits per heavy atom. The van der Waals surface area contributed by atoms with Crippen LogP contribution < -0.4 is 11.1 Å². The van der Waals surface area contributed by atoms with Gasteiger partial charge in [0.15, 0.2) is 0 Å². The van der Waals surface area contributed by atoms with Gasteiger partial charge >= 0.3 is 0 Å². The van der Waals surface area contributed by atoms with Gasteiger partial charge in [-0.15, -0.1) is 11.3 Å². The molecule has 1 amide bonds. The lowest BCUT2D eigenvalue weighted by Crippen LogP contribution is -2.39. The van der Waals surface area contributed by atoms with Crippen LogP contribution in [0.4, 0.5) is 0 Å². The summed E-state index contributed by atoms with van der Waals surface area (Å²) in [6.45, 7) is 1.92. The fourth-order valence-electron chi connectivity index (χ4n) is 3.92. The number of hydrogen-bond acceptors (Lipinski definition) is 4. The number of thiophene rings is 1. The Hall–Kier alpha value is -2.47. The minimum absolute atomic E-state index is 0.0307. The van der Waals surface area contributed by atoms with E-state index in [1.54, 1.807) is 11.3 Å². The average molecular weight is 392 g/mol. The molecule has 4 rings (SSSR count). The van der Waals surface area contributed by atoms with E-state index in [0.29, 0.717) is 6.54 Å². The van der Waals surface area contributed by atoms with E-state index in [0.717, 1.165) is 23.5 Å². The van der Waals surface area contributed by atoms with Gasteiger partial charge in [0, 0.05) is 29.9 Å². The summed E-state index contributed by atoms with van der Waals surface area (Å²) in [5.41, 5.74) is 8.72. The van der Waals surface area contributed by atoms with Crippen molar-refractivity contribution in [3.05, 3.63) is 94.2 Å². The molecule has 3 aromatic rings. The van der Waals surface area contributed by atoms with Gasteiger partial charge in [-0.25, -0.2) is 0 Å². The van der Waals surface area contributed by atoms with Crippen molar-refractivity contribution in [3.8, 4) is 0 Å². The second-order valence-corrected chi connectivity index (χ2v) is 8.28. The van der Waals surface area contributed by atoms with Crippen molar-refractivity contribution in [1.82, 2.24) is 10.2 Å². The largest absolute Gasteiger partial charge is 0.343 e. The second kappa shape index (κ2) is 8.69. The van der Waals surface area contributed by atoms with Gasteiger partial charge in [0.2, 0.25) is 5.91 Å². The zero-order valence-electron chi connectivity index (χ0n) is 15.7. The zero-order valence-corrected chi connectivity index (χ0v) is 16.5.